The monoisotopic (exact) mass is 417 g/mol. The fourth-order valence-electron chi connectivity index (χ4n) is 2.26. The maximum absolute atomic E-state index is 12.6. The number of nitrogens with zero attached hydrogens (tertiary/aromatic N) is 1. The van der Waals surface area contributed by atoms with Gasteiger partial charge in [0.25, 0.3) is 11.1 Å². The van der Waals surface area contributed by atoms with Gasteiger partial charge >= 0.3 is 0 Å². The van der Waals surface area contributed by atoms with Gasteiger partial charge in [-0.3, -0.25) is 9.59 Å². The van der Waals surface area contributed by atoms with E-state index in [0.29, 0.717) is 16.3 Å². The van der Waals surface area contributed by atoms with Crippen LogP contribution in [-0.4, -0.2) is 35.1 Å². The van der Waals surface area contributed by atoms with E-state index in [1.54, 1.807) is 26.2 Å². The van der Waals surface area contributed by atoms with Crippen molar-refractivity contribution in [3.05, 3.63) is 58.7 Å². The summed E-state index contributed by atoms with van der Waals surface area (Å²) < 4.78 is 0.942. The average molecular weight is 418 g/mol. The molecule has 0 spiro atoms. The number of fused-ring (bicyclic) bond motifs is 1. The van der Waals surface area contributed by atoms with Gasteiger partial charge in [-0.25, -0.2) is 0 Å². The Morgan fingerprint density at radius 3 is 2.64 bits per heavy atom. The molecule has 2 aromatic carbocycles. The Kier molecular flexibility index (Phi) is 5.15. The number of nitrogens with one attached hydrogen (secondary N) is 2. The number of para-hydroxylation sites is 1. The van der Waals surface area contributed by atoms with Crippen molar-refractivity contribution in [1.82, 2.24) is 9.88 Å². The van der Waals surface area contributed by atoms with Gasteiger partial charge in [0.2, 0.25) is 0 Å². The maximum atomic E-state index is 12.6. The number of halogens is 1. The molecule has 1 aromatic heterocycles. The van der Waals surface area contributed by atoms with Crippen LogP contribution in [-0.2, 0) is 0 Å². The van der Waals surface area contributed by atoms with Gasteiger partial charge in [0.15, 0.2) is 0 Å². The number of anilines is 1. The van der Waals surface area contributed by atoms with E-state index < -0.39 is 0 Å². The Hall–Kier alpha value is -2.25. The highest BCUT2D eigenvalue weighted by Crippen LogP contribution is 2.29. The molecule has 0 fully saturated rings. The minimum Gasteiger partial charge on any atom is -0.350 e. The lowest BCUT2D eigenvalue weighted by Gasteiger charge is -2.12. The highest BCUT2D eigenvalue weighted by molar-refractivity contribution is 9.10. The van der Waals surface area contributed by atoms with Crippen molar-refractivity contribution < 1.29 is 9.59 Å². The number of carbonyl (C=O) groups excluding carboxylic acids is 2. The van der Waals surface area contributed by atoms with Crippen LogP contribution in [0.5, 0.6) is 0 Å². The van der Waals surface area contributed by atoms with Crippen LogP contribution in [0.25, 0.3) is 10.9 Å². The highest BCUT2D eigenvalue weighted by atomic mass is 79.9. The molecule has 3 rings (SSSR count). The zero-order valence-corrected chi connectivity index (χ0v) is 16.1. The second-order valence-electron chi connectivity index (χ2n) is 5.63. The summed E-state index contributed by atoms with van der Waals surface area (Å²) in [6, 6.07) is 14.8. The van der Waals surface area contributed by atoms with Crippen LogP contribution in [0.4, 0.5) is 10.5 Å². The molecule has 0 radical (unpaired) electrons. The van der Waals surface area contributed by atoms with Crippen molar-refractivity contribution in [3.63, 3.8) is 0 Å². The third-order valence-corrected chi connectivity index (χ3v) is 5.14. The van der Waals surface area contributed by atoms with Gasteiger partial charge in [-0.1, -0.05) is 34.1 Å². The summed E-state index contributed by atoms with van der Waals surface area (Å²) in [6.45, 7) is 0. The minimum atomic E-state index is -0.252. The van der Waals surface area contributed by atoms with Gasteiger partial charge < -0.3 is 15.2 Å². The standard InChI is InChI=1S/C18H16BrN3O2S/c1-22(2)18(24)25-16-6-4-3-5-13(16)21-17(23)15-9-11-7-8-12(19)10-14(11)20-15/h3-10,20H,1-2H3,(H,21,23). The number of thioether (sulfide) groups is 1. The number of aromatic amines is 1. The fraction of sp³-hybridized carbons (Fsp3) is 0.111. The number of hydrogen-bond donors (Lipinski definition) is 2. The molecule has 7 heteroatoms. The molecule has 0 saturated heterocycles. The lowest BCUT2D eigenvalue weighted by atomic mass is 10.2. The van der Waals surface area contributed by atoms with Gasteiger partial charge in [-0.05, 0) is 42.1 Å². The van der Waals surface area contributed by atoms with E-state index in [0.717, 1.165) is 27.1 Å². The molecule has 0 aliphatic heterocycles. The van der Waals surface area contributed by atoms with Crippen molar-refractivity contribution in [3.8, 4) is 0 Å². The number of amides is 2. The van der Waals surface area contributed by atoms with Crippen LogP contribution in [0.1, 0.15) is 10.5 Å². The van der Waals surface area contributed by atoms with Crippen LogP contribution in [0.15, 0.2) is 57.9 Å². The summed E-state index contributed by atoms with van der Waals surface area (Å²) in [4.78, 5) is 29.8. The van der Waals surface area contributed by atoms with E-state index in [1.807, 2.05) is 36.4 Å². The Morgan fingerprint density at radius 2 is 1.88 bits per heavy atom. The lowest BCUT2D eigenvalue weighted by molar-refractivity contribution is 0.102. The zero-order chi connectivity index (χ0) is 18.0. The number of carbonyl (C=O) groups is 2. The van der Waals surface area contributed by atoms with Crippen molar-refractivity contribution in [2.75, 3.05) is 19.4 Å². The normalized spacial score (nSPS) is 10.7. The Morgan fingerprint density at radius 1 is 1.12 bits per heavy atom. The second-order valence-corrected chi connectivity index (χ2v) is 7.54. The number of H-pyrrole nitrogens is 1. The molecule has 1 heterocycles. The van der Waals surface area contributed by atoms with Crippen molar-refractivity contribution in [2.24, 2.45) is 0 Å². The van der Waals surface area contributed by atoms with Crippen LogP contribution in [0.3, 0.4) is 0 Å². The van der Waals surface area contributed by atoms with Crippen molar-refractivity contribution >= 4 is 55.4 Å². The van der Waals surface area contributed by atoms with Crippen LogP contribution < -0.4 is 5.32 Å². The molecule has 0 atom stereocenters. The van der Waals surface area contributed by atoms with Crippen LogP contribution >= 0.6 is 27.7 Å². The molecule has 0 bridgehead atoms. The largest absolute Gasteiger partial charge is 0.350 e. The number of hydrogen-bond acceptors (Lipinski definition) is 3. The zero-order valence-electron chi connectivity index (χ0n) is 13.7. The average Bonchev–Trinajstić information content (AvgIpc) is 2.99. The molecular formula is C18H16BrN3O2S. The first kappa shape index (κ1) is 17.6. The fourth-order valence-corrected chi connectivity index (χ4v) is 3.36. The number of aromatic nitrogens is 1. The minimum absolute atomic E-state index is 0.0999. The summed E-state index contributed by atoms with van der Waals surface area (Å²) in [7, 11) is 3.39. The summed E-state index contributed by atoms with van der Waals surface area (Å²) in [5.41, 5.74) is 1.95. The smallest absolute Gasteiger partial charge is 0.286 e. The molecule has 5 nitrogen and oxygen atoms in total. The molecule has 2 N–H and O–H groups in total. The summed E-state index contributed by atoms with van der Waals surface area (Å²) in [5, 5.41) is 3.73. The predicted molar refractivity (Wildman–Crippen MR) is 105 cm³/mol. The number of rotatable bonds is 3. The molecule has 0 aliphatic rings. The Balaban J connectivity index is 1.83. The van der Waals surface area contributed by atoms with Crippen LogP contribution in [0, 0.1) is 0 Å². The third-order valence-electron chi connectivity index (χ3n) is 3.53. The first-order valence-electron chi connectivity index (χ1n) is 7.52. The maximum Gasteiger partial charge on any atom is 0.286 e. The number of benzene rings is 2. The Bertz CT molecular complexity index is 952. The lowest BCUT2D eigenvalue weighted by Crippen LogP contribution is -2.17. The van der Waals surface area contributed by atoms with Gasteiger partial charge in [-0.15, -0.1) is 0 Å². The summed E-state index contributed by atoms with van der Waals surface area (Å²) in [6.07, 6.45) is 0. The summed E-state index contributed by atoms with van der Waals surface area (Å²) >= 11 is 4.50. The summed E-state index contributed by atoms with van der Waals surface area (Å²) in [5.74, 6) is -0.252. The molecule has 25 heavy (non-hydrogen) atoms. The van der Waals surface area contributed by atoms with Crippen molar-refractivity contribution in [2.45, 2.75) is 4.90 Å². The molecule has 0 saturated carbocycles. The second kappa shape index (κ2) is 7.33. The van der Waals surface area contributed by atoms with E-state index in [2.05, 4.69) is 26.2 Å². The topological polar surface area (TPSA) is 65.2 Å². The molecule has 2 amide bonds. The van der Waals surface area contributed by atoms with Gasteiger partial charge in [0.1, 0.15) is 5.69 Å². The molecule has 3 aromatic rings. The van der Waals surface area contributed by atoms with Gasteiger partial charge in [-0.2, -0.15) is 0 Å². The third kappa shape index (κ3) is 4.05. The van der Waals surface area contributed by atoms with Crippen LogP contribution in [0.2, 0.25) is 0 Å². The quantitative estimate of drug-likeness (QED) is 0.592. The van der Waals surface area contributed by atoms with E-state index >= 15 is 0 Å². The SMILES string of the molecule is CN(C)C(=O)Sc1ccccc1NC(=O)c1cc2ccc(Br)cc2[nH]1. The molecule has 0 unspecified atom stereocenters. The van der Waals surface area contributed by atoms with E-state index in [4.69, 9.17) is 0 Å². The molecule has 0 aliphatic carbocycles. The molecule has 128 valence electrons. The highest BCUT2D eigenvalue weighted by Gasteiger charge is 2.14. The predicted octanol–water partition coefficient (Wildman–Crippen LogP) is 4.96. The first-order chi connectivity index (χ1) is 11.9. The van der Waals surface area contributed by atoms with E-state index in [1.165, 1.54) is 4.90 Å². The van der Waals surface area contributed by atoms with E-state index in [9.17, 15) is 9.59 Å². The van der Waals surface area contributed by atoms with Gasteiger partial charge in [0, 0.05) is 34.4 Å². The van der Waals surface area contributed by atoms with Crippen molar-refractivity contribution in [1.29, 1.82) is 0 Å². The first-order valence-corrected chi connectivity index (χ1v) is 9.13. The van der Waals surface area contributed by atoms with E-state index in [-0.39, 0.29) is 11.1 Å². The Labute approximate surface area is 157 Å². The molecular weight excluding hydrogens is 402 g/mol. The van der Waals surface area contributed by atoms with Gasteiger partial charge in [0.05, 0.1) is 5.69 Å².